The minimum absolute atomic E-state index is 0.0424. The molecule has 0 aliphatic heterocycles. The number of nitrogens with one attached hydrogen (secondary N) is 1. The van der Waals surface area contributed by atoms with Crippen LogP contribution in [0.25, 0.3) is 11.5 Å². The molecule has 0 fully saturated rings. The molecule has 0 saturated carbocycles. The van der Waals surface area contributed by atoms with Crippen molar-refractivity contribution in [3.8, 4) is 11.5 Å². The van der Waals surface area contributed by atoms with E-state index in [0.717, 1.165) is 11.1 Å². The molecule has 6 heteroatoms. The zero-order chi connectivity index (χ0) is 16.8. The summed E-state index contributed by atoms with van der Waals surface area (Å²) >= 11 is 0. The number of pyridine rings is 1. The van der Waals surface area contributed by atoms with Crippen LogP contribution in [0, 0.1) is 6.92 Å². The van der Waals surface area contributed by atoms with Crippen LogP contribution in [0.2, 0.25) is 0 Å². The van der Waals surface area contributed by atoms with Crippen LogP contribution >= 0.6 is 0 Å². The van der Waals surface area contributed by atoms with Crippen molar-refractivity contribution < 1.29 is 9.21 Å². The van der Waals surface area contributed by atoms with Gasteiger partial charge in [0.2, 0.25) is 17.7 Å². The Morgan fingerprint density at radius 3 is 2.58 bits per heavy atom. The van der Waals surface area contributed by atoms with Crippen LogP contribution in [0.4, 0.5) is 0 Å². The summed E-state index contributed by atoms with van der Waals surface area (Å²) in [6, 6.07) is 11.7. The minimum Gasteiger partial charge on any atom is -0.421 e. The van der Waals surface area contributed by atoms with Gasteiger partial charge in [0.25, 0.3) is 0 Å². The first kappa shape index (κ1) is 15.9. The second-order valence-electron chi connectivity index (χ2n) is 5.50. The highest BCUT2D eigenvalue weighted by Crippen LogP contribution is 2.16. The van der Waals surface area contributed by atoms with E-state index < -0.39 is 0 Å². The second-order valence-corrected chi connectivity index (χ2v) is 5.50. The molecule has 1 N–H and O–H groups in total. The molecule has 3 rings (SSSR count). The summed E-state index contributed by atoms with van der Waals surface area (Å²) in [6.45, 7) is 2.55. The summed E-state index contributed by atoms with van der Waals surface area (Å²) < 4.78 is 5.57. The average molecular weight is 322 g/mol. The molecule has 1 aromatic carbocycles. The number of carbonyl (C=O) groups is 1. The molecule has 0 radical (unpaired) electrons. The van der Waals surface area contributed by atoms with Gasteiger partial charge in [0, 0.05) is 37.3 Å². The van der Waals surface area contributed by atoms with Crippen LogP contribution in [0.15, 0.2) is 53.2 Å². The fourth-order valence-corrected chi connectivity index (χ4v) is 2.18. The molecule has 2 heterocycles. The summed E-state index contributed by atoms with van der Waals surface area (Å²) in [4.78, 5) is 15.9. The van der Waals surface area contributed by atoms with Crippen molar-refractivity contribution in [2.24, 2.45) is 0 Å². The molecule has 0 unspecified atom stereocenters. The van der Waals surface area contributed by atoms with Crippen molar-refractivity contribution in [2.45, 2.75) is 26.3 Å². The number of aryl methyl sites for hydroxylation is 2. The third-order valence-corrected chi connectivity index (χ3v) is 3.57. The van der Waals surface area contributed by atoms with Crippen molar-refractivity contribution in [2.75, 3.05) is 0 Å². The largest absolute Gasteiger partial charge is 0.421 e. The van der Waals surface area contributed by atoms with Crippen molar-refractivity contribution in [3.63, 3.8) is 0 Å². The Hall–Kier alpha value is -3.02. The number of rotatable bonds is 6. The van der Waals surface area contributed by atoms with Gasteiger partial charge < -0.3 is 9.73 Å². The molecular weight excluding hydrogens is 304 g/mol. The van der Waals surface area contributed by atoms with Gasteiger partial charge in [-0.05, 0) is 24.6 Å². The van der Waals surface area contributed by atoms with Crippen LogP contribution in [0.1, 0.15) is 23.4 Å². The van der Waals surface area contributed by atoms with E-state index in [2.05, 4.69) is 20.5 Å². The number of benzene rings is 1. The lowest BCUT2D eigenvalue weighted by Crippen LogP contribution is -2.23. The van der Waals surface area contributed by atoms with E-state index in [1.165, 1.54) is 5.56 Å². The first-order valence-electron chi connectivity index (χ1n) is 7.76. The summed E-state index contributed by atoms with van der Waals surface area (Å²) in [7, 11) is 0. The topological polar surface area (TPSA) is 80.9 Å². The Morgan fingerprint density at radius 2 is 1.83 bits per heavy atom. The Bertz CT molecular complexity index is 797. The summed E-state index contributed by atoms with van der Waals surface area (Å²) in [5.74, 6) is 0.846. The van der Waals surface area contributed by atoms with E-state index >= 15 is 0 Å². The first-order chi connectivity index (χ1) is 11.7. The zero-order valence-corrected chi connectivity index (χ0v) is 13.4. The number of nitrogens with zero attached hydrogens (tertiary/aromatic N) is 3. The van der Waals surface area contributed by atoms with E-state index in [1.54, 1.807) is 24.5 Å². The molecule has 0 atom stereocenters. The van der Waals surface area contributed by atoms with E-state index in [4.69, 9.17) is 4.42 Å². The van der Waals surface area contributed by atoms with Crippen LogP contribution in [0.3, 0.4) is 0 Å². The fourth-order valence-electron chi connectivity index (χ4n) is 2.18. The Kier molecular flexibility index (Phi) is 4.96. The van der Waals surface area contributed by atoms with E-state index in [9.17, 15) is 4.79 Å². The maximum atomic E-state index is 11.9. The molecule has 6 nitrogen and oxygen atoms in total. The fraction of sp³-hybridized carbons (Fsp3) is 0.222. The summed E-state index contributed by atoms with van der Waals surface area (Å²) in [6.07, 6.45) is 4.05. The van der Waals surface area contributed by atoms with E-state index in [1.807, 2.05) is 31.2 Å². The zero-order valence-electron chi connectivity index (χ0n) is 13.4. The third-order valence-electron chi connectivity index (χ3n) is 3.57. The summed E-state index contributed by atoms with van der Waals surface area (Å²) in [5.41, 5.74) is 3.09. The van der Waals surface area contributed by atoms with Gasteiger partial charge in [0.05, 0.1) is 0 Å². The van der Waals surface area contributed by atoms with Crippen molar-refractivity contribution in [1.29, 1.82) is 0 Å². The van der Waals surface area contributed by atoms with Gasteiger partial charge in [0.1, 0.15) is 0 Å². The number of aromatic nitrogens is 3. The lowest BCUT2D eigenvalue weighted by molar-refractivity contribution is -0.121. The second kappa shape index (κ2) is 7.50. The van der Waals surface area contributed by atoms with E-state index in [-0.39, 0.29) is 5.91 Å². The van der Waals surface area contributed by atoms with Gasteiger partial charge in [-0.25, -0.2) is 0 Å². The predicted molar refractivity (Wildman–Crippen MR) is 88.9 cm³/mol. The van der Waals surface area contributed by atoms with Gasteiger partial charge in [0.15, 0.2) is 0 Å². The number of carbonyl (C=O) groups excluding carboxylic acids is 1. The SMILES string of the molecule is Cc1ccc(CNC(=O)CCc2nnc(-c3ccncc3)o2)cc1. The van der Waals surface area contributed by atoms with Gasteiger partial charge in [-0.1, -0.05) is 29.8 Å². The minimum atomic E-state index is -0.0424. The van der Waals surface area contributed by atoms with Crippen LogP contribution < -0.4 is 5.32 Å². The molecule has 0 saturated heterocycles. The number of amides is 1. The standard InChI is InChI=1S/C18H18N4O2/c1-13-2-4-14(5-3-13)12-20-16(23)6-7-17-21-22-18(24-17)15-8-10-19-11-9-15/h2-5,8-11H,6-7,12H2,1H3,(H,20,23). The Labute approximate surface area is 140 Å². The van der Waals surface area contributed by atoms with Gasteiger partial charge in [-0.15, -0.1) is 10.2 Å². The Balaban J connectivity index is 1.48. The number of hydrogen-bond donors (Lipinski definition) is 1. The van der Waals surface area contributed by atoms with Crippen LogP contribution in [-0.4, -0.2) is 21.1 Å². The van der Waals surface area contributed by atoms with Crippen molar-refractivity contribution in [1.82, 2.24) is 20.5 Å². The Morgan fingerprint density at radius 1 is 1.08 bits per heavy atom. The molecule has 122 valence electrons. The first-order valence-corrected chi connectivity index (χ1v) is 7.76. The smallest absolute Gasteiger partial charge is 0.247 e. The highest BCUT2D eigenvalue weighted by Gasteiger charge is 2.10. The molecule has 1 amide bonds. The maximum Gasteiger partial charge on any atom is 0.247 e. The number of hydrogen-bond acceptors (Lipinski definition) is 5. The summed E-state index contributed by atoms with van der Waals surface area (Å²) in [5, 5.41) is 10.9. The molecule has 0 aliphatic carbocycles. The van der Waals surface area contributed by atoms with Crippen LogP contribution in [0.5, 0.6) is 0 Å². The molecular formula is C18H18N4O2. The average Bonchev–Trinajstić information content (AvgIpc) is 3.09. The predicted octanol–water partition coefficient (Wildman–Crippen LogP) is 2.69. The van der Waals surface area contributed by atoms with Crippen molar-refractivity contribution >= 4 is 5.91 Å². The van der Waals surface area contributed by atoms with Crippen molar-refractivity contribution in [3.05, 3.63) is 65.8 Å². The molecule has 0 bridgehead atoms. The monoisotopic (exact) mass is 322 g/mol. The van der Waals surface area contributed by atoms with E-state index in [0.29, 0.717) is 31.2 Å². The quantitative estimate of drug-likeness (QED) is 0.754. The lowest BCUT2D eigenvalue weighted by atomic mass is 10.1. The maximum absolute atomic E-state index is 11.9. The molecule has 3 aromatic rings. The van der Waals surface area contributed by atoms with Gasteiger partial charge in [-0.3, -0.25) is 9.78 Å². The third kappa shape index (κ3) is 4.25. The highest BCUT2D eigenvalue weighted by atomic mass is 16.4. The van der Waals surface area contributed by atoms with Gasteiger partial charge >= 0.3 is 0 Å². The van der Waals surface area contributed by atoms with Gasteiger partial charge in [-0.2, -0.15) is 0 Å². The molecule has 0 spiro atoms. The van der Waals surface area contributed by atoms with Crippen LogP contribution in [-0.2, 0) is 17.8 Å². The molecule has 2 aromatic heterocycles. The molecule has 0 aliphatic rings. The lowest BCUT2D eigenvalue weighted by Gasteiger charge is -2.04. The highest BCUT2D eigenvalue weighted by molar-refractivity contribution is 5.76. The normalized spacial score (nSPS) is 10.5. The molecule has 24 heavy (non-hydrogen) atoms.